The van der Waals surface area contributed by atoms with Crippen LogP contribution >= 0.6 is 0 Å². The quantitative estimate of drug-likeness (QED) is 0.803. The second kappa shape index (κ2) is 8.23. The number of nitrogens with one attached hydrogen (secondary N) is 1. The van der Waals surface area contributed by atoms with Crippen LogP contribution in [0.15, 0.2) is 36.5 Å². The van der Waals surface area contributed by atoms with Gasteiger partial charge in [0.2, 0.25) is 0 Å². The summed E-state index contributed by atoms with van der Waals surface area (Å²) in [7, 11) is -3.49. The van der Waals surface area contributed by atoms with Gasteiger partial charge in [-0.05, 0) is 55.7 Å². The molecule has 2 fully saturated rings. The molecule has 2 aliphatic heterocycles. The number of piperazine rings is 1. The van der Waals surface area contributed by atoms with Gasteiger partial charge < -0.3 is 9.80 Å². The standard InChI is InChI=1S/C21H27N5O3S/c1-16-14-17(2)20(22-15-16)24-10-12-25(13-11-24)21(27)18-4-6-19(7-5-18)26-9-3-8-23-30(26,28)29/h4-7,14-15,23H,3,8-13H2,1-2H3. The molecule has 0 saturated carbocycles. The Morgan fingerprint density at radius 3 is 2.37 bits per heavy atom. The van der Waals surface area contributed by atoms with Gasteiger partial charge >= 0.3 is 10.2 Å². The van der Waals surface area contributed by atoms with Crippen molar-refractivity contribution in [1.29, 1.82) is 0 Å². The summed E-state index contributed by atoms with van der Waals surface area (Å²) in [6.07, 6.45) is 2.62. The molecule has 2 aromatic rings. The Kier molecular flexibility index (Phi) is 5.66. The lowest BCUT2D eigenvalue weighted by Gasteiger charge is -2.36. The van der Waals surface area contributed by atoms with Crippen LogP contribution in [-0.4, -0.2) is 63.5 Å². The number of aromatic nitrogens is 1. The molecular formula is C21H27N5O3S. The number of hydrogen-bond acceptors (Lipinski definition) is 5. The molecule has 4 rings (SSSR count). The molecule has 30 heavy (non-hydrogen) atoms. The zero-order valence-electron chi connectivity index (χ0n) is 17.3. The largest absolute Gasteiger partial charge is 0.353 e. The Balaban J connectivity index is 1.41. The molecular weight excluding hydrogens is 402 g/mol. The van der Waals surface area contributed by atoms with E-state index in [1.807, 2.05) is 18.0 Å². The van der Waals surface area contributed by atoms with E-state index in [0.717, 1.165) is 36.5 Å². The fraction of sp³-hybridized carbons (Fsp3) is 0.429. The van der Waals surface area contributed by atoms with Crippen LogP contribution in [0.3, 0.4) is 0 Å². The van der Waals surface area contributed by atoms with Gasteiger partial charge in [-0.3, -0.25) is 9.10 Å². The summed E-state index contributed by atoms with van der Waals surface area (Å²) in [6.45, 7) is 7.71. The minimum Gasteiger partial charge on any atom is -0.353 e. The molecule has 8 nitrogen and oxygen atoms in total. The first-order valence-electron chi connectivity index (χ1n) is 10.2. The zero-order chi connectivity index (χ0) is 21.3. The number of carbonyl (C=O) groups excluding carboxylic acids is 1. The predicted molar refractivity (Wildman–Crippen MR) is 117 cm³/mol. The van der Waals surface area contributed by atoms with Crippen molar-refractivity contribution in [2.45, 2.75) is 20.3 Å². The number of nitrogens with zero attached hydrogens (tertiary/aromatic N) is 4. The molecule has 0 spiro atoms. The highest BCUT2D eigenvalue weighted by molar-refractivity contribution is 7.90. The van der Waals surface area contributed by atoms with E-state index in [2.05, 4.69) is 27.6 Å². The topological polar surface area (TPSA) is 85.8 Å². The zero-order valence-corrected chi connectivity index (χ0v) is 18.2. The predicted octanol–water partition coefficient (Wildman–Crippen LogP) is 1.71. The summed E-state index contributed by atoms with van der Waals surface area (Å²) in [4.78, 5) is 21.5. The first-order chi connectivity index (χ1) is 14.3. The van der Waals surface area contributed by atoms with Crippen molar-refractivity contribution in [3.05, 3.63) is 53.2 Å². The highest BCUT2D eigenvalue weighted by Crippen LogP contribution is 2.23. The van der Waals surface area contributed by atoms with Crippen molar-refractivity contribution in [1.82, 2.24) is 14.6 Å². The average molecular weight is 430 g/mol. The van der Waals surface area contributed by atoms with Crippen LogP contribution in [0.5, 0.6) is 0 Å². The van der Waals surface area contributed by atoms with Crippen molar-refractivity contribution in [2.75, 3.05) is 48.5 Å². The van der Waals surface area contributed by atoms with Crippen LogP contribution in [0.2, 0.25) is 0 Å². The highest BCUT2D eigenvalue weighted by atomic mass is 32.2. The average Bonchev–Trinajstić information content (AvgIpc) is 2.73. The smallest absolute Gasteiger partial charge is 0.301 e. The molecule has 0 radical (unpaired) electrons. The van der Waals surface area contributed by atoms with E-state index >= 15 is 0 Å². The molecule has 9 heteroatoms. The Labute approximate surface area is 177 Å². The van der Waals surface area contributed by atoms with Crippen molar-refractivity contribution in [2.24, 2.45) is 0 Å². The summed E-state index contributed by atoms with van der Waals surface area (Å²) in [5.74, 6) is 0.947. The lowest BCUT2D eigenvalue weighted by atomic mass is 10.1. The molecule has 1 aromatic carbocycles. The first-order valence-corrected chi connectivity index (χ1v) is 11.6. The van der Waals surface area contributed by atoms with Crippen LogP contribution < -0.4 is 13.9 Å². The number of pyridine rings is 1. The van der Waals surface area contributed by atoms with Crippen molar-refractivity contribution < 1.29 is 13.2 Å². The number of carbonyl (C=O) groups is 1. The van der Waals surface area contributed by atoms with Crippen LogP contribution in [0, 0.1) is 13.8 Å². The normalized spacial score (nSPS) is 19.1. The van der Waals surface area contributed by atoms with E-state index in [-0.39, 0.29) is 5.91 Å². The fourth-order valence-electron chi connectivity index (χ4n) is 4.00. The minimum absolute atomic E-state index is 0.0330. The van der Waals surface area contributed by atoms with E-state index in [1.165, 1.54) is 4.31 Å². The van der Waals surface area contributed by atoms with Crippen LogP contribution in [0.4, 0.5) is 11.5 Å². The summed E-state index contributed by atoms with van der Waals surface area (Å²) in [6, 6.07) is 8.94. The number of amides is 1. The second-order valence-corrected chi connectivity index (χ2v) is 9.48. The number of benzene rings is 1. The molecule has 0 unspecified atom stereocenters. The number of hydrogen-bond donors (Lipinski definition) is 1. The van der Waals surface area contributed by atoms with E-state index < -0.39 is 10.2 Å². The van der Waals surface area contributed by atoms with Gasteiger partial charge in [-0.2, -0.15) is 13.1 Å². The Morgan fingerprint density at radius 1 is 1.03 bits per heavy atom. The van der Waals surface area contributed by atoms with Gasteiger partial charge in [0.1, 0.15) is 5.82 Å². The molecule has 160 valence electrons. The maximum Gasteiger partial charge on any atom is 0.301 e. The molecule has 1 N–H and O–H groups in total. The highest BCUT2D eigenvalue weighted by Gasteiger charge is 2.27. The fourth-order valence-corrected chi connectivity index (χ4v) is 5.33. The van der Waals surface area contributed by atoms with Gasteiger partial charge in [0.25, 0.3) is 5.91 Å². The van der Waals surface area contributed by atoms with Gasteiger partial charge in [-0.25, -0.2) is 4.98 Å². The summed E-state index contributed by atoms with van der Waals surface area (Å²) < 4.78 is 28.2. The van der Waals surface area contributed by atoms with Crippen LogP contribution in [0.1, 0.15) is 27.9 Å². The van der Waals surface area contributed by atoms with E-state index in [1.54, 1.807) is 24.3 Å². The molecule has 0 atom stereocenters. The van der Waals surface area contributed by atoms with Crippen molar-refractivity contribution in [3.63, 3.8) is 0 Å². The molecule has 1 aromatic heterocycles. The Morgan fingerprint density at radius 2 is 1.73 bits per heavy atom. The third-order valence-corrected chi connectivity index (χ3v) is 7.11. The lowest BCUT2D eigenvalue weighted by Crippen LogP contribution is -2.49. The number of anilines is 2. The van der Waals surface area contributed by atoms with Crippen molar-refractivity contribution in [3.8, 4) is 0 Å². The van der Waals surface area contributed by atoms with Gasteiger partial charge in [0.05, 0.1) is 5.69 Å². The first kappa shape index (κ1) is 20.6. The lowest BCUT2D eigenvalue weighted by molar-refractivity contribution is 0.0746. The third-order valence-electron chi connectivity index (χ3n) is 5.57. The number of rotatable bonds is 3. The van der Waals surface area contributed by atoms with Gasteiger partial charge in [-0.15, -0.1) is 0 Å². The Bertz CT molecular complexity index is 1030. The molecule has 2 saturated heterocycles. The molecule has 2 aliphatic rings. The summed E-state index contributed by atoms with van der Waals surface area (Å²) in [5.41, 5.74) is 3.43. The van der Waals surface area contributed by atoms with E-state index in [9.17, 15) is 13.2 Å². The molecule has 0 aliphatic carbocycles. The molecule has 1 amide bonds. The summed E-state index contributed by atoms with van der Waals surface area (Å²) in [5, 5.41) is 0. The van der Waals surface area contributed by atoms with Crippen molar-refractivity contribution >= 4 is 27.6 Å². The van der Waals surface area contributed by atoms with Gasteiger partial charge in [-0.1, -0.05) is 6.07 Å². The Hall–Kier alpha value is -2.65. The van der Waals surface area contributed by atoms with E-state index in [4.69, 9.17) is 0 Å². The monoisotopic (exact) mass is 429 g/mol. The van der Waals surface area contributed by atoms with E-state index in [0.29, 0.717) is 37.4 Å². The maximum absolute atomic E-state index is 12.9. The van der Waals surface area contributed by atoms with Gasteiger partial charge in [0.15, 0.2) is 0 Å². The SMILES string of the molecule is Cc1cnc(N2CCN(C(=O)c3ccc(N4CCCNS4(=O)=O)cc3)CC2)c(C)c1. The summed E-state index contributed by atoms with van der Waals surface area (Å²) >= 11 is 0. The third kappa shape index (κ3) is 4.13. The van der Waals surface area contributed by atoms with Gasteiger partial charge in [0, 0.05) is 51.0 Å². The maximum atomic E-state index is 12.9. The molecule has 3 heterocycles. The van der Waals surface area contributed by atoms with Crippen LogP contribution in [-0.2, 0) is 10.2 Å². The number of aryl methyl sites for hydroxylation is 2. The minimum atomic E-state index is -3.49. The molecule has 0 bridgehead atoms. The van der Waals surface area contributed by atoms with Crippen LogP contribution in [0.25, 0.3) is 0 Å². The second-order valence-electron chi connectivity index (χ2n) is 7.80.